The van der Waals surface area contributed by atoms with Crippen molar-refractivity contribution >= 4 is 16.9 Å². The summed E-state index contributed by atoms with van der Waals surface area (Å²) in [6.07, 6.45) is 5.05. The summed E-state index contributed by atoms with van der Waals surface area (Å²) < 4.78 is 11.5. The Balaban J connectivity index is 1.78. The third-order valence-corrected chi connectivity index (χ3v) is 4.09. The molecule has 1 saturated carbocycles. The number of rotatable bonds is 5. The van der Waals surface area contributed by atoms with E-state index in [0.29, 0.717) is 29.4 Å². The summed E-state index contributed by atoms with van der Waals surface area (Å²) in [5, 5.41) is 0.764. The second-order valence-corrected chi connectivity index (χ2v) is 5.54. The lowest BCUT2D eigenvalue weighted by Gasteiger charge is -2.09. The molecule has 1 aliphatic carbocycles. The van der Waals surface area contributed by atoms with Gasteiger partial charge >= 0.3 is 0 Å². The molecule has 1 fully saturated rings. The Labute approximate surface area is 123 Å². The first-order chi connectivity index (χ1) is 10.3. The lowest BCUT2D eigenvalue weighted by Crippen LogP contribution is -2.30. The number of nitrogens with one attached hydrogen (secondary N) is 1. The number of hydrogen-bond donors (Lipinski definition) is 2. The fourth-order valence-corrected chi connectivity index (χ4v) is 3.01. The van der Waals surface area contributed by atoms with Crippen molar-refractivity contribution in [2.24, 2.45) is 11.8 Å². The van der Waals surface area contributed by atoms with Gasteiger partial charge in [0.2, 0.25) is 0 Å². The number of benzene rings is 1. The normalized spacial score (nSPS) is 15.7. The van der Waals surface area contributed by atoms with Crippen LogP contribution < -0.4 is 11.3 Å². The van der Waals surface area contributed by atoms with Crippen LogP contribution in [0.2, 0.25) is 0 Å². The van der Waals surface area contributed by atoms with Gasteiger partial charge in [-0.3, -0.25) is 10.2 Å². The summed E-state index contributed by atoms with van der Waals surface area (Å²) in [4.78, 5) is 12.0. The van der Waals surface area contributed by atoms with Gasteiger partial charge in [-0.1, -0.05) is 31.0 Å². The van der Waals surface area contributed by atoms with E-state index < -0.39 is 0 Å². The first kappa shape index (κ1) is 14.1. The van der Waals surface area contributed by atoms with Crippen LogP contribution in [0.5, 0.6) is 0 Å². The van der Waals surface area contributed by atoms with Gasteiger partial charge in [0, 0.05) is 12.0 Å². The molecule has 3 rings (SSSR count). The van der Waals surface area contributed by atoms with Crippen LogP contribution in [0.25, 0.3) is 11.0 Å². The second kappa shape index (κ2) is 6.28. The number of fused-ring (bicyclic) bond motifs is 1. The molecule has 0 radical (unpaired) electrons. The maximum atomic E-state index is 12.0. The number of furan rings is 1. The number of nitrogens with two attached hydrogens (primary N) is 1. The van der Waals surface area contributed by atoms with Gasteiger partial charge in [0.05, 0.1) is 5.56 Å². The van der Waals surface area contributed by atoms with Gasteiger partial charge in [-0.05, 0) is 24.8 Å². The predicted octanol–water partition coefficient (Wildman–Crippen LogP) is 2.74. The van der Waals surface area contributed by atoms with Crippen LogP contribution in [0.1, 0.15) is 41.8 Å². The summed E-state index contributed by atoms with van der Waals surface area (Å²) >= 11 is 0. The molecule has 1 aliphatic rings. The minimum absolute atomic E-state index is 0.300. The summed E-state index contributed by atoms with van der Waals surface area (Å²) in [6, 6.07) is 7.43. The molecule has 5 nitrogen and oxygen atoms in total. The molecular weight excluding hydrogens is 268 g/mol. The van der Waals surface area contributed by atoms with Gasteiger partial charge in [-0.2, -0.15) is 0 Å². The summed E-state index contributed by atoms with van der Waals surface area (Å²) in [7, 11) is 0. The van der Waals surface area contributed by atoms with Crippen molar-refractivity contribution in [1.82, 2.24) is 5.43 Å². The van der Waals surface area contributed by atoms with Crippen LogP contribution in [0.15, 0.2) is 28.7 Å². The second-order valence-electron chi connectivity index (χ2n) is 5.54. The monoisotopic (exact) mass is 288 g/mol. The van der Waals surface area contributed by atoms with Gasteiger partial charge in [0.25, 0.3) is 5.91 Å². The number of nitrogen functional groups attached to an aromatic ring is 1. The highest BCUT2D eigenvalue weighted by molar-refractivity contribution is 6.06. The smallest absolute Gasteiger partial charge is 0.269 e. The molecular formula is C16H20N2O3. The first-order valence-corrected chi connectivity index (χ1v) is 7.38. The van der Waals surface area contributed by atoms with Gasteiger partial charge in [0.15, 0.2) is 0 Å². The van der Waals surface area contributed by atoms with Gasteiger partial charge in [0.1, 0.15) is 18.0 Å². The number of carbonyl (C=O) groups excluding carboxylic acids is 1. The molecule has 0 unspecified atom stereocenters. The van der Waals surface area contributed by atoms with E-state index in [1.54, 1.807) is 0 Å². The van der Waals surface area contributed by atoms with Crippen LogP contribution in [-0.4, -0.2) is 12.5 Å². The van der Waals surface area contributed by atoms with E-state index >= 15 is 0 Å². The average Bonchev–Trinajstić information content (AvgIpc) is 3.13. The van der Waals surface area contributed by atoms with Crippen LogP contribution in [-0.2, 0) is 11.3 Å². The highest BCUT2D eigenvalue weighted by Gasteiger charge is 2.21. The third kappa shape index (κ3) is 2.94. The molecule has 112 valence electrons. The highest BCUT2D eigenvalue weighted by atomic mass is 16.5. The first-order valence-electron chi connectivity index (χ1n) is 7.38. The molecule has 5 heteroatoms. The Bertz CT molecular complexity index is 629. The van der Waals surface area contributed by atoms with Crippen LogP contribution in [0.3, 0.4) is 0 Å². The zero-order chi connectivity index (χ0) is 14.7. The van der Waals surface area contributed by atoms with E-state index in [4.69, 9.17) is 15.0 Å². The third-order valence-electron chi connectivity index (χ3n) is 4.09. The Hall–Kier alpha value is -1.85. The topological polar surface area (TPSA) is 77.5 Å². The maximum absolute atomic E-state index is 12.0. The number of hydrazine groups is 1. The fraction of sp³-hybridized carbons (Fsp3) is 0.438. The van der Waals surface area contributed by atoms with E-state index in [1.165, 1.54) is 25.7 Å². The molecule has 0 saturated heterocycles. The van der Waals surface area contributed by atoms with Crippen LogP contribution >= 0.6 is 0 Å². The standard InChI is InChI=1S/C16H20N2O3/c17-18-16(19)15-12-7-3-4-8-13(12)21-14(15)10-20-9-11-5-1-2-6-11/h3-4,7-8,11H,1-2,5-6,9-10,17H2,(H,18,19). The molecule has 0 aliphatic heterocycles. The highest BCUT2D eigenvalue weighted by Crippen LogP contribution is 2.28. The van der Waals surface area contributed by atoms with Crippen molar-refractivity contribution < 1.29 is 13.9 Å². The van der Waals surface area contributed by atoms with Crippen molar-refractivity contribution in [1.29, 1.82) is 0 Å². The molecule has 1 amide bonds. The van der Waals surface area contributed by atoms with Crippen molar-refractivity contribution in [3.8, 4) is 0 Å². The van der Waals surface area contributed by atoms with E-state index in [0.717, 1.165) is 12.0 Å². The van der Waals surface area contributed by atoms with Gasteiger partial charge in [-0.25, -0.2) is 5.84 Å². The van der Waals surface area contributed by atoms with Crippen LogP contribution in [0, 0.1) is 5.92 Å². The number of ether oxygens (including phenoxy) is 1. The SMILES string of the molecule is NNC(=O)c1c(COCC2CCCC2)oc2ccccc12. The lowest BCUT2D eigenvalue weighted by atomic mass is 10.1. The summed E-state index contributed by atoms with van der Waals surface area (Å²) in [5.74, 6) is 6.10. The quantitative estimate of drug-likeness (QED) is 0.504. The number of para-hydroxylation sites is 1. The molecule has 1 aromatic carbocycles. The zero-order valence-electron chi connectivity index (χ0n) is 11.9. The van der Waals surface area contributed by atoms with Crippen molar-refractivity contribution in [3.63, 3.8) is 0 Å². The molecule has 3 N–H and O–H groups in total. The Morgan fingerprint density at radius 2 is 2.10 bits per heavy atom. The lowest BCUT2D eigenvalue weighted by molar-refractivity contribution is 0.0758. The number of amides is 1. The molecule has 2 aromatic rings. The fourth-order valence-electron chi connectivity index (χ4n) is 3.01. The van der Waals surface area contributed by atoms with Gasteiger partial charge < -0.3 is 9.15 Å². The molecule has 0 bridgehead atoms. The molecule has 21 heavy (non-hydrogen) atoms. The van der Waals surface area contributed by atoms with E-state index in [2.05, 4.69) is 5.43 Å². The Kier molecular flexibility index (Phi) is 4.22. The minimum atomic E-state index is -0.348. The number of hydrogen-bond acceptors (Lipinski definition) is 4. The molecule has 1 aromatic heterocycles. The van der Waals surface area contributed by atoms with Gasteiger partial charge in [-0.15, -0.1) is 0 Å². The van der Waals surface area contributed by atoms with Crippen LogP contribution in [0.4, 0.5) is 0 Å². The average molecular weight is 288 g/mol. The van der Waals surface area contributed by atoms with E-state index in [1.807, 2.05) is 24.3 Å². The maximum Gasteiger partial charge on any atom is 0.269 e. The molecule has 1 heterocycles. The molecule has 0 atom stereocenters. The van der Waals surface area contributed by atoms with E-state index in [9.17, 15) is 4.79 Å². The zero-order valence-corrected chi connectivity index (χ0v) is 11.9. The predicted molar refractivity (Wildman–Crippen MR) is 79.5 cm³/mol. The van der Waals surface area contributed by atoms with Crippen molar-refractivity contribution in [2.75, 3.05) is 6.61 Å². The summed E-state index contributed by atoms with van der Waals surface area (Å²) in [5.41, 5.74) is 3.33. The Morgan fingerprint density at radius 1 is 1.33 bits per heavy atom. The Morgan fingerprint density at radius 3 is 2.86 bits per heavy atom. The van der Waals surface area contributed by atoms with E-state index in [-0.39, 0.29) is 5.91 Å². The largest absolute Gasteiger partial charge is 0.458 e. The van der Waals surface area contributed by atoms with Crippen molar-refractivity contribution in [2.45, 2.75) is 32.3 Å². The summed E-state index contributed by atoms with van der Waals surface area (Å²) in [6.45, 7) is 1.02. The van der Waals surface area contributed by atoms with Crippen molar-refractivity contribution in [3.05, 3.63) is 35.6 Å². The number of carbonyl (C=O) groups is 1. The minimum Gasteiger partial charge on any atom is -0.458 e. The molecule has 0 spiro atoms.